The summed E-state index contributed by atoms with van der Waals surface area (Å²) in [6.07, 6.45) is 5.24. The molecule has 2 aromatic rings. The van der Waals surface area contributed by atoms with Crippen molar-refractivity contribution in [2.75, 3.05) is 5.32 Å². The van der Waals surface area contributed by atoms with Crippen LogP contribution in [0.5, 0.6) is 0 Å². The quantitative estimate of drug-likeness (QED) is 0.802. The molecule has 0 saturated carbocycles. The van der Waals surface area contributed by atoms with Gasteiger partial charge in [-0.05, 0) is 23.8 Å². The van der Waals surface area contributed by atoms with E-state index in [0.29, 0.717) is 11.5 Å². The van der Waals surface area contributed by atoms with Gasteiger partial charge in [0.25, 0.3) is 0 Å². The highest BCUT2D eigenvalue weighted by Gasteiger charge is 1.99. The van der Waals surface area contributed by atoms with Crippen molar-refractivity contribution in [1.82, 2.24) is 9.97 Å². The van der Waals surface area contributed by atoms with Crippen LogP contribution in [0, 0.1) is 0 Å². The first kappa shape index (κ1) is 11.5. The molecule has 0 bridgehead atoms. The fourth-order valence-corrected chi connectivity index (χ4v) is 1.50. The molecule has 5 heteroatoms. The number of hydrogen-bond acceptors (Lipinski definition) is 4. The molecule has 0 unspecified atom stereocenters. The van der Waals surface area contributed by atoms with Crippen LogP contribution in [0.3, 0.4) is 0 Å². The molecule has 0 aliphatic carbocycles. The lowest BCUT2D eigenvalue weighted by Crippen LogP contribution is -2.10. The van der Waals surface area contributed by atoms with Crippen molar-refractivity contribution in [3.05, 3.63) is 54.0 Å². The largest absolute Gasteiger partial charge is 0.389 e. The number of aromatic nitrogens is 2. The first-order valence-electron chi connectivity index (χ1n) is 5.14. The molecule has 17 heavy (non-hydrogen) atoms. The first-order valence-corrected chi connectivity index (χ1v) is 5.55. The Labute approximate surface area is 105 Å². The average molecular weight is 244 g/mol. The normalized spacial score (nSPS) is 9.88. The predicted molar refractivity (Wildman–Crippen MR) is 71.7 cm³/mol. The van der Waals surface area contributed by atoms with E-state index in [9.17, 15) is 0 Å². The molecule has 86 valence electrons. The summed E-state index contributed by atoms with van der Waals surface area (Å²) in [7, 11) is 0. The van der Waals surface area contributed by atoms with Crippen LogP contribution in [0.15, 0.2) is 42.9 Å². The van der Waals surface area contributed by atoms with Crippen molar-refractivity contribution in [3.63, 3.8) is 0 Å². The molecule has 2 heterocycles. The van der Waals surface area contributed by atoms with Gasteiger partial charge in [-0.1, -0.05) is 18.3 Å². The molecular weight excluding hydrogens is 232 g/mol. The monoisotopic (exact) mass is 244 g/mol. The topological polar surface area (TPSA) is 63.8 Å². The lowest BCUT2D eigenvalue weighted by molar-refractivity contribution is 1.09. The van der Waals surface area contributed by atoms with Crippen molar-refractivity contribution >= 4 is 23.0 Å². The van der Waals surface area contributed by atoms with Gasteiger partial charge in [0.2, 0.25) is 0 Å². The Balaban J connectivity index is 2.04. The zero-order chi connectivity index (χ0) is 12.1. The number of anilines is 1. The molecule has 0 atom stereocenters. The van der Waals surface area contributed by atoms with E-state index in [1.54, 1.807) is 18.5 Å². The third-order valence-electron chi connectivity index (χ3n) is 2.24. The van der Waals surface area contributed by atoms with Crippen molar-refractivity contribution in [3.8, 4) is 0 Å². The van der Waals surface area contributed by atoms with Crippen molar-refractivity contribution < 1.29 is 0 Å². The van der Waals surface area contributed by atoms with Crippen LogP contribution < -0.4 is 11.1 Å². The number of nitrogens with zero attached hydrogens (tertiary/aromatic N) is 2. The van der Waals surface area contributed by atoms with Crippen LogP contribution in [-0.4, -0.2) is 15.0 Å². The van der Waals surface area contributed by atoms with Gasteiger partial charge in [-0.3, -0.25) is 4.98 Å². The summed E-state index contributed by atoms with van der Waals surface area (Å²) in [5, 5.41) is 3.19. The van der Waals surface area contributed by atoms with Crippen molar-refractivity contribution in [2.24, 2.45) is 5.73 Å². The van der Waals surface area contributed by atoms with Crippen LogP contribution >= 0.6 is 12.2 Å². The summed E-state index contributed by atoms with van der Waals surface area (Å²) >= 11 is 4.91. The number of thiocarbonyl (C=S) groups is 1. The van der Waals surface area contributed by atoms with E-state index in [0.717, 1.165) is 16.9 Å². The maximum Gasteiger partial charge on any atom is 0.126 e. The van der Waals surface area contributed by atoms with Gasteiger partial charge in [0, 0.05) is 30.7 Å². The third-order valence-corrected chi connectivity index (χ3v) is 2.48. The SMILES string of the molecule is NC(=S)c1ccnc(NCc2cccnc2)c1. The number of nitrogens with two attached hydrogens (primary N) is 1. The number of pyridine rings is 2. The smallest absolute Gasteiger partial charge is 0.126 e. The van der Waals surface area contributed by atoms with Gasteiger partial charge < -0.3 is 11.1 Å². The van der Waals surface area contributed by atoms with Crippen molar-refractivity contribution in [1.29, 1.82) is 0 Å². The summed E-state index contributed by atoms with van der Waals surface area (Å²) < 4.78 is 0. The highest BCUT2D eigenvalue weighted by Crippen LogP contribution is 2.08. The number of nitrogens with one attached hydrogen (secondary N) is 1. The molecule has 4 nitrogen and oxygen atoms in total. The molecule has 2 aromatic heterocycles. The fourth-order valence-electron chi connectivity index (χ4n) is 1.38. The fraction of sp³-hybridized carbons (Fsp3) is 0.0833. The molecule has 0 aromatic carbocycles. The number of rotatable bonds is 4. The second-order valence-electron chi connectivity index (χ2n) is 3.51. The lowest BCUT2D eigenvalue weighted by Gasteiger charge is -2.06. The summed E-state index contributed by atoms with van der Waals surface area (Å²) in [6.45, 7) is 0.668. The molecule has 0 radical (unpaired) electrons. The standard InChI is InChI=1S/C12H12N4S/c13-12(17)10-3-5-15-11(6-10)16-8-9-2-1-4-14-7-9/h1-7H,8H2,(H2,13,17)(H,15,16). The lowest BCUT2D eigenvalue weighted by atomic mass is 10.2. The zero-order valence-corrected chi connectivity index (χ0v) is 9.95. The van der Waals surface area contributed by atoms with Gasteiger partial charge in [0.05, 0.1) is 0 Å². The van der Waals surface area contributed by atoms with Gasteiger partial charge in [-0.25, -0.2) is 4.98 Å². The second kappa shape index (κ2) is 5.36. The molecular formula is C12H12N4S. The van der Waals surface area contributed by atoms with Gasteiger partial charge in [-0.15, -0.1) is 0 Å². The van der Waals surface area contributed by atoms with E-state index in [1.807, 2.05) is 24.4 Å². The van der Waals surface area contributed by atoms with Crippen LogP contribution in [0.4, 0.5) is 5.82 Å². The van der Waals surface area contributed by atoms with Crippen LogP contribution in [0.25, 0.3) is 0 Å². The maximum absolute atomic E-state index is 5.56. The Morgan fingerprint density at radius 2 is 2.24 bits per heavy atom. The Bertz CT molecular complexity index is 513. The maximum atomic E-state index is 5.56. The van der Waals surface area contributed by atoms with E-state index >= 15 is 0 Å². The minimum absolute atomic E-state index is 0.372. The molecule has 3 N–H and O–H groups in total. The summed E-state index contributed by atoms with van der Waals surface area (Å²) in [5.41, 5.74) is 7.46. The van der Waals surface area contributed by atoms with Gasteiger partial charge in [-0.2, -0.15) is 0 Å². The van der Waals surface area contributed by atoms with Gasteiger partial charge in [0.1, 0.15) is 10.8 Å². The van der Waals surface area contributed by atoms with E-state index in [2.05, 4.69) is 15.3 Å². The van der Waals surface area contributed by atoms with Crippen LogP contribution in [0.2, 0.25) is 0 Å². The Hall–Kier alpha value is -2.01. The zero-order valence-electron chi connectivity index (χ0n) is 9.13. The number of hydrogen-bond donors (Lipinski definition) is 2. The second-order valence-corrected chi connectivity index (χ2v) is 3.95. The van der Waals surface area contributed by atoms with E-state index < -0.39 is 0 Å². The molecule has 0 aliphatic rings. The van der Waals surface area contributed by atoms with E-state index in [4.69, 9.17) is 18.0 Å². The van der Waals surface area contributed by atoms with Crippen LogP contribution in [-0.2, 0) is 6.54 Å². The predicted octanol–water partition coefficient (Wildman–Crippen LogP) is 1.72. The molecule has 0 aliphatic heterocycles. The highest BCUT2D eigenvalue weighted by molar-refractivity contribution is 7.80. The summed E-state index contributed by atoms with van der Waals surface area (Å²) in [4.78, 5) is 8.60. The summed E-state index contributed by atoms with van der Waals surface area (Å²) in [6, 6.07) is 7.52. The van der Waals surface area contributed by atoms with E-state index in [1.165, 1.54) is 0 Å². The minimum Gasteiger partial charge on any atom is -0.389 e. The highest BCUT2D eigenvalue weighted by atomic mass is 32.1. The Kier molecular flexibility index (Phi) is 3.62. The van der Waals surface area contributed by atoms with Crippen LogP contribution in [0.1, 0.15) is 11.1 Å². The van der Waals surface area contributed by atoms with Crippen molar-refractivity contribution in [2.45, 2.75) is 6.54 Å². The first-order chi connectivity index (χ1) is 8.25. The molecule has 0 amide bonds. The summed E-state index contributed by atoms with van der Waals surface area (Å²) in [5.74, 6) is 0.749. The molecule has 2 rings (SSSR count). The molecule has 0 fully saturated rings. The minimum atomic E-state index is 0.372. The molecule has 0 spiro atoms. The Morgan fingerprint density at radius 3 is 2.94 bits per heavy atom. The third kappa shape index (κ3) is 3.22. The van der Waals surface area contributed by atoms with Gasteiger partial charge in [0.15, 0.2) is 0 Å². The van der Waals surface area contributed by atoms with Gasteiger partial charge >= 0.3 is 0 Å². The average Bonchev–Trinajstić information content (AvgIpc) is 2.38. The Morgan fingerprint density at radius 1 is 1.35 bits per heavy atom. The molecule has 0 saturated heterocycles. The van der Waals surface area contributed by atoms with E-state index in [-0.39, 0.29) is 0 Å².